The molecule has 2 aliphatic rings. The molecular formula is C12H24N2O2. The molecule has 4 heteroatoms. The molecule has 4 nitrogen and oxygen atoms in total. The lowest BCUT2D eigenvalue weighted by Crippen LogP contribution is -2.49. The number of hydrogen-bond acceptors (Lipinski definition) is 4. The van der Waals surface area contributed by atoms with Gasteiger partial charge in [0.05, 0.1) is 12.2 Å². The minimum Gasteiger partial charge on any atom is -0.378 e. The van der Waals surface area contributed by atoms with Gasteiger partial charge in [-0.05, 0) is 26.9 Å². The number of ether oxygens (including phenoxy) is 2. The van der Waals surface area contributed by atoms with Crippen molar-refractivity contribution >= 4 is 0 Å². The zero-order valence-electron chi connectivity index (χ0n) is 10.5. The van der Waals surface area contributed by atoms with Crippen LogP contribution in [0.15, 0.2) is 0 Å². The fraction of sp³-hybridized carbons (Fsp3) is 1.00. The molecule has 2 unspecified atom stereocenters. The second-order valence-electron chi connectivity index (χ2n) is 5.06. The Labute approximate surface area is 98.3 Å². The van der Waals surface area contributed by atoms with Gasteiger partial charge in [-0.3, -0.25) is 0 Å². The number of nitrogens with zero attached hydrogens (tertiary/aromatic N) is 1. The topological polar surface area (TPSA) is 33.7 Å². The zero-order valence-corrected chi connectivity index (χ0v) is 10.5. The summed E-state index contributed by atoms with van der Waals surface area (Å²) in [5, 5.41) is 3.20. The van der Waals surface area contributed by atoms with E-state index >= 15 is 0 Å². The fourth-order valence-corrected chi connectivity index (χ4v) is 2.71. The Balaban J connectivity index is 1.85. The van der Waals surface area contributed by atoms with E-state index in [9.17, 15) is 0 Å². The summed E-state index contributed by atoms with van der Waals surface area (Å²) in [6.45, 7) is 4.71. The molecule has 2 fully saturated rings. The highest BCUT2D eigenvalue weighted by Gasteiger charge is 2.41. The maximum atomic E-state index is 5.94. The predicted molar refractivity (Wildman–Crippen MR) is 63.7 cm³/mol. The third-order valence-corrected chi connectivity index (χ3v) is 3.87. The summed E-state index contributed by atoms with van der Waals surface area (Å²) >= 11 is 0. The van der Waals surface area contributed by atoms with Gasteiger partial charge in [-0.25, -0.2) is 0 Å². The Morgan fingerprint density at radius 3 is 3.00 bits per heavy atom. The van der Waals surface area contributed by atoms with Crippen molar-refractivity contribution in [3.05, 3.63) is 0 Å². The van der Waals surface area contributed by atoms with Gasteiger partial charge in [0, 0.05) is 38.8 Å². The van der Waals surface area contributed by atoms with Crippen LogP contribution in [0.2, 0.25) is 0 Å². The van der Waals surface area contributed by atoms with Crippen LogP contribution in [-0.4, -0.2) is 63.5 Å². The molecule has 0 aliphatic carbocycles. The van der Waals surface area contributed by atoms with Crippen molar-refractivity contribution in [2.24, 2.45) is 0 Å². The van der Waals surface area contributed by atoms with Gasteiger partial charge in [-0.1, -0.05) is 0 Å². The second kappa shape index (κ2) is 5.45. The molecule has 2 heterocycles. The molecule has 1 spiro atoms. The lowest BCUT2D eigenvalue weighted by Gasteiger charge is -2.41. The van der Waals surface area contributed by atoms with Crippen molar-refractivity contribution in [3.63, 3.8) is 0 Å². The molecule has 0 aromatic heterocycles. The maximum absolute atomic E-state index is 5.94. The van der Waals surface area contributed by atoms with Crippen molar-refractivity contribution in [2.75, 3.05) is 47.0 Å². The van der Waals surface area contributed by atoms with Crippen LogP contribution in [0, 0.1) is 0 Å². The van der Waals surface area contributed by atoms with Gasteiger partial charge in [-0.15, -0.1) is 0 Å². The van der Waals surface area contributed by atoms with E-state index in [-0.39, 0.29) is 5.60 Å². The summed E-state index contributed by atoms with van der Waals surface area (Å²) < 4.78 is 11.4. The summed E-state index contributed by atoms with van der Waals surface area (Å²) in [7, 11) is 4.22. The van der Waals surface area contributed by atoms with Crippen LogP contribution < -0.4 is 5.32 Å². The van der Waals surface area contributed by atoms with E-state index in [0.29, 0.717) is 6.04 Å². The van der Waals surface area contributed by atoms with Crippen LogP contribution in [0.25, 0.3) is 0 Å². The van der Waals surface area contributed by atoms with E-state index in [0.717, 1.165) is 52.2 Å². The van der Waals surface area contributed by atoms with Crippen LogP contribution >= 0.6 is 0 Å². The average Bonchev–Trinajstić information content (AvgIpc) is 2.74. The molecule has 2 atom stereocenters. The van der Waals surface area contributed by atoms with Gasteiger partial charge in [0.2, 0.25) is 0 Å². The van der Waals surface area contributed by atoms with E-state index in [4.69, 9.17) is 9.47 Å². The Morgan fingerprint density at radius 1 is 1.44 bits per heavy atom. The molecule has 0 radical (unpaired) electrons. The summed E-state index contributed by atoms with van der Waals surface area (Å²) in [6, 6.07) is 0.656. The first-order valence-corrected chi connectivity index (χ1v) is 6.32. The SMILES string of the molecule is CNCCN(C)C1CCOC2(CCOC2)C1. The maximum Gasteiger partial charge on any atom is 0.0951 e. The molecule has 94 valence electrons. The van der Waals surface area contributed by atoms with Gasteiger partial charge in [0.25, 0.3) is 0 Å². The van der Waals surface area contributed by atoms with Crippen LogP contribution in [0.1, 0.15) is 19.3 Å². The van der Waals surface area contributed by atoms with Crippen LogP contribution in [-0.2, 0) is 9.47 Å². The molecule has 0 aromatic carbocycles. The van der Waals surface area contributed by atoms with Crippen molar-refractivity contribution in [1.82, 2.24) is 10.2 Å². The summed E-state index contributed by atoms with van der Waals surface area (Å²) in [5.41, 5.74) is 0.0385. The van der Waals surface area contributed by atoms with Crippen molar-refractivity contribution in [1.29, 1.82) is 0 Å². The average molecular weight is 228 g/mol. The molecule has 0 bridgehead atoms. The molecule has 1 N–H and O–H groups in total. The molecule has 16 heavy (non-hydrogen) atoms. The minimum absolute atomic E-state index is 0.0385. The Kier molecular flexibility index (Phi) is 4.19. The highest BCUT2D eigenvalue weighted by Crippen LogP contribution is 2.34. The molecule has 0 amide bonds. The summed E-state index contributed by atoms with van der Waals surface area (Å²) in [4.78, 5) is 2.46. The lowest BCUT2D eigenvalue weighted by atomic mass is 9.89. The van der Waals surface area contributed by atoms with Crippen molar-refractivity contribution < 1.29 is 9.47 Å². The molecule has 2 rings (SSSR count). The third-order valence-electron chi connectivity index (χ3n) is 3.87. The fourth-order valence-electron chi connectivity index (χ4n) is 2.71. The highest BCUT2D eigenvalue weighted by atomic mass is 16.6. The Bertz CT molecular complexity index is 217. The number of nitrogens with one attached hydrogen (secondary N) is 1. The second-order valence-corrected chi connectivity index (χ2v) is 5.06. The van der Waals surface area contributed by atoms with Crippen LogP contribution in [0.4, 0.5) is 0 Å². The molecule has 2 aliphatic heterocycles. The first kappa shape index (κ1) is 12.3. The van der Waals surface area contributed by atoms with Gasteiger partial charge in [-0.2, -0.15) is 0 Å². The van der Waals surface area contributed by atoms with E-state index in [1.165, 1.54) is 0 Å². The standard InChI is InChI=1S/C12H24N2O2/c1-13-5-6-14(2)11-3-7-16-12(9-11)4-8-15-10-12/h11,13H,3-10H2,1-2H3. The van der Waals surface area contributed by atoms with Gasteiger partial charge >= 0.3 is 0 Å². The van der Waals surface area contributed by atoms with E-state index in [1.54, 1.807) is 0 Å². The molecule has 0 aromatic rings. The smallest absolute Gasteiger partial charge is 0.0951 e. The lowest BCUT2D eigenvalue weighted by molar-refractivity contribution is -0.103. The van der Waals surface area contributed by atoms with Crippen molar-refractivity contribution in [3.8, 4) is 0 Å². The summed E-state index contributed by atoms with van der Waals surface area (Å²) in [5.74, 6) is 0. The molecule has 0 saturated carbocycles. The first-order valence-electron chi connectivity index (χ1n) is 6.32. The highest BCUT2D eigenvalue weighted by molar-refractivity contribution is 4.93. The van der Waals surface area contributed by atoms with Crippen LogP contribution in [0.3, 0.4) is 0 Å². The number of hydrogen-bond donors (Lipinski definition) is 1. The predicted octanol–water partition coefficient (Wildman–Crippen LogP) is 0.476. The Morgan fingerprint density at radius 2 is 2.31 bits per heavy atom. The molecule has 2 saturated heterocycles. The Hall–Kier alpha value is -0.160. The largest absolute Gasteiger partial charge is 0.378 e. The quantitative estimate of drug-likeness (QED) is 0.758. The van der Waals surface area contributed by atoms with Crippen molar-refractivity contribution in [2.45, 2.75) is 30.9 Å². The minimum atomic E-state index is 0.0385. The van der Waals surface area contributed by atoms with E-state index < -0.39 is 0 Å². The first-order chi connectivity index (χ1) is 7.76. The number of likely N-dealkylation sites (N-methyl/N-ethyl adjacent to an activating group) is 2. The monoisotopic (exact) mass is 228 g/mol. The van der Waals surface area contributed by atoms with Crippen LogP contribution in [0.5, 0.6) is 0 Å². The van der Waals surface area contributed by atoms with Gasteiger partial charge < -0.3 is 19.7 Å². The number of rotatable bonds is 4. The van der Waals surface area contributed by atoms with E-state index in [1.807, 2.05) is 7.05 Å². The normalized spacial score (nSPS) is 35.1. The summed E-state index contributed by atoms with van der Waals surface area (Å²) in [6.07, 6.45) is 3.36. The van der Waals surface area contributed by atoms with E-state index in [2.05, 4.69) is 17.3 Å². The third kappa shape index (κ3) is 2.74. The zero-order chi connectivity index (χ0) is 11.4. The van der Waals surface area contributed by atoms with Gasteiger partial charge in [0.15, 0.2) is 0 Å². The molecular weight excluding hydrogens is 204 g/mol. The van der Waals surface area contributed by atoms with Gasteiger partial charge in [0.1, 0.15) is 0 Å².